The van der Waals surface area contributed by atoms with E-state index in [4.69, 9.17) is 9.47 Å². The predicted molar refractivity (Wildman–Crippen MR) is 118 cm³/mol. The summed E-state index contributed by atoms with van der Waals surface area (Å²) in [7, 11) is 3.43. The van der Waals surface area contributed by atoms with Gasteiger partial charge in [0.1, 0.15) is 35.5 Å². The number of aromatic nitrogens is 4. The zero-order valence-electron chi connectivity index (χ0n) is 18.4. The lowest BCUT2D eigenvalue weighted by Crippen LogP contribution is -2.40. The van der Waals surface area contributed by atoms with E-state index in [1.54, 1.807) is 31.6 Å². The molecule has 3 aromatic rings. The SMILES string of the molecule is COCC1CN(C)c2cc(F)c(C(=O)Nc3cccc(-c4nncn4C(C)C)n3)cc2O1. The number of fused-ring (bicyclic) bond motifs is 1. The summed E-state index contributed by atoms with van der Waals surface area (Å²) >= 11 is 0. The Morgan fingerprint density at radius 3 is 2.94 bits per heavy atom. The Balaban J connectivity index is 1.59. The Morgan fingerprint density at radius 2 is 2.19 bits per heavy atom. The van der Waals surface area contributed by atoms with Crippen LogP contribution in [0.2, 0.25) is 0 Å². The van der Waals surface area contributed by atoms with Gasteiger partial charge in [0.2, 0.25) is 0 Å². The molecule has 3 heterocycles. The summed E-state index contributed by atoms with van der Waals surface area (Å²) in [6.07, 6.45) is 1.42. The molecule has 0 radical (unpaired) electrons. The number of rotatable bonds is 6. The van der Waals surface area contributed by atoms with E-state index in [1.807, 2.05) is 30.4 Å². The fourth-order valence-corrected chi connectivity index (χ4v) is 3.62. The van der Waals surface area contributed by atoms with Crippen LogP contribution in [-0.4, -0.2) is 59.1 Å². The number of pyridine rings is 1. The van der Waals surface area contributed by atoms with E-state index in [0.29, 0.717) is 36.1 Å². The number of ether oxygens (including phenoxy) is 2. The third kappa shape index (κ3) is 4.26. The minimum absolute atomic E-state index is 0.132. The second kappa shape index (κ2) is 8.91. The van der Waals surface area contributed by atoms with Crippen molar-refractivity contribution in [1.29, 1.82) is 0 Å². The van der Waals surface area contributed by atoms with Crippen LogP contribution in [-0.2, 0) is 4.74 Å². The van der Waals surface area contributed by atoms with E-state index in [0.717, 1.165) is 0 Å². The molecule has 2 aromatic heterocycles. The normalized spacial score (nSPS) is 15.4. The summed E-state index contributed by atoms with van der Waals surface area (Å²) in [5.41, 5.74) is 1.000. The molecule has 0 fully saturated rings. The molecule has 0 aliphatic carbocycles. The Morgan fingerprint density at radius 1 is 1.38 bits per heavy atom. The van der Waals surface area contributed by atoms with Crippen molar-refractivity contribution in [3.8, 4) is 17.3 Å². The number of hydrogen-bond donors (Lipinski definition) is 1. The van der Waals surface area contributed by atoms with Crippen LogP contribution in [0.1, 0.15) is 30.2 Å². The van der Waals surface area contributed by atoms with Gasteiger partial charge in [0.25, 0.3) is 5.91 Å². The van der Waals surface area contributed by atoms with Gasteiger partial charge in [-0.15, -0.1) is 10.2 Å². The smallest absolute Gasteiger partial charge is 0.259 e. The van der Waals surface area contributed by atoms with Crippen LogP contribution in [0.25, 0.3) is 11.5 Å². The molecular weight excluding hydrogens is 415 g/mol. The highest BCUT2D eigenvalue weighted by Crippen LogP contribution is 2.35. The highest BCUT2D eigenvalue weighted by Gasteiger charge is 2.27. The molecular formula is C22H25FN6O3. The Labute approximate surface area is 185 Å². The van der Waals surface area contributed by atoms with Crippen LogP contribution in [0, 0.1) is 5.82 Å². The number of nitrogens with zero attached hydrogens (tertiary/aromatic N) is 5. The van der Waals surface area contributed by atoms with Crippen molar-refractivity contribution in [2.45, 2.75) is 26.0 Å². The van der Waals surface area contributed by atoms with Crippen LogP contribution in [0.4, 0.5) is 15.9 Å². The molecule has 1 unspecified atom stereocenters. The monoisotopic (exact) mass is 440 g/mol. The van der Waals surface area contributed by atoms with Crippen LogP contribution in [0.3, 0.4) is 0 Å². The Bertz CT molecular complexity index is 1130. The van der Waals surface area contributed by atoms with E-state index in [2.05, 4.69) is 20.5 Å². The maximum Gasteiger partial charge on any atom is 0.259 e. The number of methoxy groups -OCH3 is 1. The lowest BCUT2D eigenvalue weighted by Gasteiger charge is -2.33. The van der Waals surface area contributed by atoms with Gasteiger partial charge >= 0.3 is 0 Å². The molecule has 1 N–H and O–H groups in total. The largest absolute Gasteiger partial charge is 0.484 e. The predicted octanol–water partition coefficient (Wildman–Crippen LogP) is 3.16. The van der Waals surface area contributed by atoms with Crippen LogP contribution in [0.5, 0.6) is 5.75 Å². The summed E-state index contributed by atoms with van der Waals surface area (Å²) < 4.78 is 27.7. The van der Waals surface area contributed by atoms with Gasteiger partial charge in [-0.05, 0) is 32.0 Å². The summed E-state index contributed by atoms with van der Waals surface area (Å²) in [6.45, 7) is 4.96. The van der Waals surface area contributed by atoms with E-state index < -0.39 is 11.7 Å². The highest BCUT2D eigenvalue weighted by atomic mass is 19.1. The molecule has 0 saturated carbocycles. The fraction of sp³-hybridized carbons (Fsp3) is 0.364. The zero-order valence-corrected chi connectivity index (χ0v) is 18.4. The van der Waals surface area contributed by atoms with Gasteiger partial charge in [-0.25, -0.2) is 9.37 Å². The number of likely N-dealkylation sites (N-methyl/N-ethyl adjacent to an activating group) is 1. The van der Waals surface area contributed by atoms with Crippen molar-refractivity contribution >= 4 is 17.4 Å². The molecule has 1 amide bonds. The molecule has 1 atom stereocenters. The maximum absolute atomic E-state index is 14.8. The topological polar surface area (TPSA) is 94.4 Å². The van der Waals surface area contributed by atoms with Gasteiger partial charge in [-0.3, -0.25) is 4.79 Å². The molecule has 0 spiro atoms. The standard InChI is InChI=1S/C22H25FN6O3/c1-13(2)29-12-24-27-21(29)17-6-5-7-20(25-17)26-22(30)15-8-19-18(9-16(15)23)28(3)10-14(32-19)11-31-4/h5-9,12-14H,10-11H2,1-4H3,(H,25,26,30). The van der Waals surface area contributed by atoms with Crippen molar-refractivity contribution in [2.24, 2.45) is 0 Å². The first-order valence-electron chi connectivity index (χ1n) is 10.3. The number of nitrogens with one attached hydrogen (secondary N) is 1. The number of benzene rings is 1. The molecule has 4 rings (SSSR count). The molecule has 0 saturated heterocycles. The number of hydrogen-bond acceptors (Lipinski definition) is 7. The van der Waals surface area contributed by atoms with E-state index in [9.17, 15) is 9.18 Å². The minimum Gasteiger partial charge on any atom is -0.484 e. The third-order valence-corrected chi connectivity index (χ3v) is 5.18. The quantitative estimate of drug-likeness (QED) is 0.629. The lowest BCUT2D eigenvalue weighted by molar-refractivity contribution is 0.0798. The van der Waals surface area contributed by atoms with Gasteiger partial charge < -0.3 is 24.3 Å². The van der Waals surface area contributed by atoms with E-state index in [1.165, 1.54) is 12.1 Å². The molecule has 1 aliphatic rings. The highest BCUT2D eigenvalue weighted by molar-refractivity contribution is 6.04. The second-order valence-electron chi connectivity index (χ2n) is 7.89. The first kappa shape index (κ1) is 21.7. The number of amides is 1. The average molecular weight is 440 g/mol. The first-order chi connectivity index (χ1) is 15.4. The van der Waals surface area contributed by atoms with Gasteiger partial charge in [0.05, 0.1) is 24.4 Å². The van der Waals surface area contributed by atoms with Crippen molar-refractivity contribution in [2.75, 3.05) is 37.5 Å². The van der Waals surface area contributed by atoms with Crippen LogP contribution >= 0.6 is 0 Å². The molecule has 1 aromatic carbocycles. The summed E-state index contributed by atoms with van der Waals surface area (Å²) in [5, 5.41) is 10.7. The third-order valence-electron chi connectivity index (χ3n) is 5.18. The second-order valence-corrected chi connectivity index (χ2v) is 7.89. The number of anilines is 2. The van der Waals surface area contributed by atoms with E-state index in [-0.39, 0.29) is 23.5 Å². The van der Waals surface area contributed by atoms with Gasteiger partial charge in [-0.2, -0.15) is 0 Å². The molecule has 0 bridgehead atoms. The van der Waals surface area contributed by atoms with Gasteiger partial charge in [-0.1, -0.05) is 6.07 Å². The maximum atomic E-state index is 14.8. The number of halogens is 1. The van der Waals surface area contributed by atoms with E-state index >= 15 is 0 Å². The van der Waals surface area contributed by atoms with Crippen molar-refractivity contribution in [3.63, 3.8) is 0 Å². The van der Waals surface area contributed by atoms with Gasteiger partial charge in [0.15, 0.2) is 5.82 Å². The van der Waals surface area contributed by atoms with Crippen molar-refractivity contribution in [3.05, 3.63) is 48.0 Å². The van der Waals surface area contributed by atoms with Crippen molar-refractivity contribution in [1.82, 2.24) is 19.7 Å². The average Bonchev–Trinajstić information content (AvgIpc) is 3.25. The summed E-state index contributed by atoms with van der Waals surface area (Å²) in [4.78, 5) is 19.2. The van der Waals surface area contributed by atoms with Crippen molar-refractivity contribution < 1.29 is 18.7 Å². The summed E-state index contributed by atoms with van der Waals surface area (Å²) in [6, 6.07) is 8.02. The minimum atomic E-state index is -0.641. The molecule has 9 nitrogen and oxygen atoms in total. The Hall–Kier alpha value is -3.53. The molecule has 1 aliphatic heterocycles. The van der Waals surface area contributed by atoms with Crippen LogP contribution < -0.4 is 15.0 Å². The van der Waals surface area contributed by atoms with Gasteiger partial charge in [0, 0.05) is 26.3 Å². The lowest BCUT2D eigenvalue weighted by atomic mass is 10.1. The first-order valence-corrected chi connectivity index (χ1v) is 10.3. The number of carbonyl (C=O) groups excluding carboxylic acids is 1. The van der Waals surface area contributed by atoms with Crippen LogP contribution in [0.15, 0.2) is 36.7 Å². The number of carbonyl (C=O) groups is 1. The fourth-order valence-electron chi connectivity index (χ4n) is 3.62. The molecule has 32 heavy (non-hydrogen) atoms. The Kier molecular flexibility index (Phi) is 6.04. The summed E-state index contributed by atoms with van der Waals surface area (Å²) in [5.74, 6) is 0.0204. The molecule has 168 valence electrons. The molecule has 10 heteroatoms. The zero-order chi connectivity index (χ0) is 22.8.